The van der Waals surface area contributed by atoms with Gasteiger partial charge in [-0.1, -0.05) is 18.2 Å². The van der Waals surface area contributed by atoms with E-state index in [4.69, 9.17) is 9.84 Å². The average Bonchev–Trinajstić information content (AvgIpc) is 2.25. The predicted molar refractivity (Wildman–Crippen MR) is 73.5 cm³/mol. The first-order valence-corrected chi connectivity index (χ1v) is 6.18. The van der Waals surface area contributed by atoms with Gasteiger partial charge >= 0.3 is 12.1 Å². The van der Waals surface area contributed by atoms with Crippen molar-refractivity contribution in [3.8, 4) is 0 Å². The van der Waals surface area contributed by atoms with Crippen LogP contribution < -0.4 is 5.32 Å². The minimum Gasteiger partial charge on any atom is -0.481 e. The van der Waals surface area contributed by atoms with Gasteiger partial charge < -0.3 is 14.9 Å². The van der Waals surface area contributed by atoms with Crippen LogP contribution >= 0.6 is 0 Å². The number of anilines is 1. The second kappa shape index (κ2) is 6.38. The fourth-order valence-corrected chi connectivity index (χ4v) is 1.59. The quantitative estimate of drug-likeness (QED) is 0.788. The Morgan fingerprint density at radius 1 is 1.30 bits per heavy atom. The molecule has 1 amide bonds. The predicted octanol–water partition coefficient (Wildman–Crippen LogP) is 2.54. The Labute approximate surface area is 117 Å². The van der Waals surface area contributed by atoms with E-state index in [-0.39, 0.29) is 0 Å². The van der Waals surface area contributed by atoms with Crippen molar-refractivity contribution in [2.45, 2.75) is 38.9 Å². The highest BCUT2D eigenvalue weighted by Gasteiger charge is 2.20. The van der Waals surface area contributed by atoms with Crippen molar-refractivity contribution in [3.05, 3.63) is 29.8 Å². The van der Waals surface area contributed by atoms with Crippen LogP contribution in [0.5, 0.6) is 0 Å². The minimum atomic E-state index is -1.20. The van der Waals surface area contributed by atoms with Gasteiger partial charge in [0.2, 0.25) is 0 Å². The number of carboxylic acid groups (broad SMARTS) is 1. The summed E-state index contributed by atoms with van der Waals surface area (Å²) in [6.45, 7) is 5.20. The van der Waals surface area contributed by atoms with Crippen molar-refractivity contribution in [2.24, 2.45) is 0 Å². The maximum absolute atomic E-state index is 11.7. The molecule has 0 aliphatic carbocycles. The summed E-state index contributed by atoms with van der Waals surface area (Å²) in [5.41, 5.74) is 0.0230. The molecule has 1 aromatic carbocycles. The van der Waals surface area contributed by atoms with E-state index < -0.39 is 30.2 Å². The number of benzene rings is 1. The largest absolute Gasteiger partial charge is 0.481 e. The Morgan fingerprint density at radius 2 is 1.90 bits per heavy atom. The molecule has 0 aliphatic rings. The van der Waals surface area contributed by atoms with Gasteiger partial charge in [0.25, 0.3) is 0 Å². The van der Waals surface area contributed by atoms with Crippen LogP contribution in [0.2, 0.25) is 0 Å². The molecule has 6 nitrogen and oxygen atoms in total. The molecule has 3 N–H and O–H groups in total. The lowest BCUT2D eigenvalue weighted by Crippen LogP contribution is -2.27. The summed E-state index contributed by atoms with van der Waals surface area (Å²) in [7, 11) is 0. The highest BCUT2D eigenvalue weighted by atomic mass is 16.6. The van der Waals surface area contributed by atoms with E-state index >= 15 is 0 Å². The zero-order valence-electron chi connectivity index (χ0n) is 11.7. The average molecular weight is 281 g/mol. The Morgan fingerprint density at radius 3 is 2.45 bits per heavy atom. The van der Waals surface area contributed by atoms with E-state index in [2.05, 4.69) is 5.32 Å². The number of amides is 1. The van der Waals surface area contributed by atoms with Crippen LogP contribution in [0.3, 0.4) is 0 Å². The monoisotopic (exact) mass is 281 g/mol. The number of nitrogens with one attached hydrogen (secondary N) is 1. The first kappa shape index (κ1) is 16.0. The van der Waals surface area contributed by atoms with E-state index in [0.717, 1.165) is 0 Å². The Hall–Kier alpha value is -2.08. The first-order valence-electron chi connectivity index (χ1n) is 6.18. The molecule has 6 heteroatoms. The number of hydrogen-bond donors (Lipinski definition) is 3. The van der Waals surface area contributed by atoms with E-state index in [1.807, 2.05) is 0 Å². The van der Waals surface area contributed by atoms with Crippen molar-refractivity contribution in [1.82, 2.24) is 0 Å². The van der Waals surface area contributed by atoms with Gasteiger partial charge in [0.15, 0.2) is 0 Å². The molecule has 0 saturated heterocycles. The topological polar surface area (TPSA) is 95.9 Å². The Kier molecular flexibility index (Phi) is 5.10. The Balaban J connectivity index is 2.85. The number of aliphatic hydroxyl groups is 1. The van der Waals surface area contributed by atoms with Crippen molar-refractivity contribution in [2.75, 3.05) is 5.32 Å². The molecule has 1 unspecified atom stereocenters. The first-order chi connectivity index (χ1) is 9.19. The lowest BCUT2D eigenvalue weighted by molar-refractivity contribution is -0.139. The molecule has 0 spiro atoms. The second-order valence-corrected chi connectivity index (χ2v) is 5.33. The van der Waals surface area contributed by atoms with Crippen LogP contribution in [0.25, 0.3) is 0 Å². The number of carboxylic acids is 1. The summed E-state index contributed by atoms with van der Waals surface area (Å²) in [6.07, 6.45) is -2.29. The zero-order chi connectivity index (χ0) is 15.3. The third-order valence-electron chi connectivity index (χ3n) is 2.32. The molecule has 1 atom stereocenters. The fourth-order valence-electron chi connectivity index (χ4n) is 1.59. The van der Waals surface area contributed by atoms with Gasteiger partial charge in [0, 0.05) is 11.3 Å². The number of carbonyl (C=O) groups is 2. The number of ether oxygens (including phenoxy) is 1. The Bertz CT molecular complexity index is 493. The molecule has 0 saturated carbocycles. The van der Waals surface area contributed by atoms with E-state index in [1.165, 1.54) is 0 Å². The van der Waals surface area contributed by atoms with Gasteiger partial charge in [-0.25, -0.2) is 4.79 Å². The van der Waals surface area contributed by atoms with Crippen LogP contribution in [-0.2, 0) is 9.53 Å². The summed E-state index contributed by atoms with van der Waals surface area (Å²) < 4.78 is 5.11. The van der Waals surface area contributed by atoms with Gasteiger partial charge in [0.05, 0.1) is 12.5 Å². The third kappa shape index (κ3) is 5.27. The van der Waals surface area contributed by atoms with Gasteiger partial charge in [0.1, 0.15) is 5.60 Å². The lowest BCUT2D eigenvalue weighted by Gasteiger charge is -2.21. The number of aliphatic carboxylic acids is 1. The van der Waals surface area contributed by atoms with E-state index in [0.29, 0.717) is 11.3 Å². The van der Waals surface area contributed by atoms with Gasteiger partial charge in [-0.05, 0) is 26.8 Å². The summed E-state index contributed by atoms with van der Waals surface area (Å²) in [5, 5.41) is 21.1. The van der Waals surface area contributed by atoms with Crippen molar-refractivity contribution >= 4 is 17.7 Å². The molecule has 0 aromatic heterocycles. The number of rotatable bonds is 4. The molecule has 0 fully saturated rings. The molecule has 1 rings (SSSR count). The van der Waals surface area contributed by atoms with Gasteiger partial charge in [-0.3, -0.25) is 10.1 Å². The van der Waals surface area contributed by atoms with Crippen molar-refractivity contribution < 1.29 is 24.5 Å². The molecule has 0 bridgehead atoms. The summed E-state index contributed by atoms with van der Waals surface area (Å²) >= 11 is 0. The molecule has 110 valence electrons. The summed E-state index contributed by atoms with van der Waals surface area (Å²) in [5.74, 6) is -1.12. The van der Waals surface area contributed by atoms with E-state index in [1.54, 1.807) is 45.0 Å². The number of hydrogen-bond acceptors (Lipinski definition) is 4. The maximum Gasteiger partial charge on any atom is 0.412 e. The number of carbonyl (C=O) groups excluding carboxylic acids is 1. The van der Waals surface area contributed by atoms with Crippen LogP contribution in [-0.4, -0.2) is 27.9 Å². The molecule has 0 radical (unpaired) electrons. The minimum absolute atomic E-state index is 0.329. The van der Waals surface area contributed by atoms with Crippen LogP contribution in [0.1, 0.15) is 38.9 Å². The molecule has 1 aromatic rings. The van der Waals surface area contributed by atoms with Gasteiger partial charge in [-0.2, -0.15) is 0 Å². The molecule has 20 heavy (non-hydrogen) atoms. The maximum atomic E-state index is 11.7. The molecule has 0 aliphatic heterocycles. The van der Waals surface area contributed by atoms with Crippen molar-refractivity contribution in [3.63, 3.8) is 0 Å². The van der Waals surface area contributed by atoms with Crippen LogP contribution in [0.15, 0.2) is 24.3 Å². The summed E-state index contributed by atoms with van der Waals surface area (Å²) in [4.78, 5) is 22.3. The van der Waals surface area contributed by atoms with Crippen molar-refractivity contribution in [1.29, 1.82) is 0 Å². The SMILES string of the molecule is CC(C)(C)OC(=O)Nc1ccccc1C(O)CC(=O)O. The highest BCUT2D eigenvalue weighted by Crippen LogP contribution is 2.25. The smallest absolute Gasteiger partial charge is 0.412 e. The normalized spacial score (nSPS) is 12.6. The highest BCUT2D eigenvalue weighted by molar-refractivity contribution is 5.86. The number of para-hydroxylation sites is 1. The van der Waals surface area contributed by atoms with Gasteiger partial charge in [-0.15, -0.1) is 0 Å². The molecular formula is C14H19NO5. The zero-order valence-corrected chi connectivity index (χ0v) is 11.7. The van der Waals surface area contributed by atoms with Crippen LogP contribution in [0, 0.1) is 0 Å². The second-order valence-electron chi connectivity index (χ2n) is 5.33. The summed E-state index contributed by atoms with van der Waals surface area (Å²) in [6, 6.07) is 6.45. The standard InChI is InChI=1S/C14H19NO5/c1-14(2,3)20-13(19)15-10-7-5-4-6-9(10)11(16)8-12(17)18/h4-7,11,16H,8H2,1-3H3,(H,15,19)(H,17,18). The number of aliphatic hydroxyl groups excluding tert-OH is 1. The van der Waals surface area contributed by atoms with Crippen LogP contribution in [0.4, 0.5) is 10.5 Å². The van der Waals surface area contributed by atoms with E-state index in [9.17, 15) is 14.7 Å². The fraction of sp³-hybridized carbons (Fsp3) is 0.429. The lowest BCUT2D eigenvalue weighted by atomic mass is 10.0. The molecular weight excluding hydrogens is 262 g/mol. The molecule has 0 heterocycles. The third-order valence-corrected chi connectivity index (χ3v) is 2.32.